The normalized spacial score (nSPS) is 50.7. The third-order valence-electron chi connectivity index (χ3n) is 16.3. The van der Waals surface area contributed by atoms with Gasteiger partial charge in [0.05, 0.1) is 0 Å². The van der Waals surface area contributed by atoms with Crippen molar-refractivity contribution in [3.05, 3.63) is 0 Å². The van der Waals surface area contributed by atoms with Gasteiger partial charge in [-0.2, -0.15) is 0 Å². The largest absolute Gasteiger partial charge is 0.0533 e. The summed E-state index contributed by atoms with van der Waals surface area (Å²) in [5, 5.41) is 0. The van der Waals surface area contributed by atoms with Gasteiger partial charge in [-0.3, -0.25) is 0 Å². The first-order chi connectivity index (χ1) is 19.9. The standard InChI is InChI=1S/C40H66/c1-3-15-27(16-4-1)37-29-19-7-11-23-33(29)39(34-24-12-8-20-30(34)37)40-35-25-13-9-21-31(35)38(28-17-5-2-6-18-28)32-22-10-14-26-36(32)40/h27-40H,1-26H2. The van der Waals surface area contributed by atoms with Crippen LogP contribution in [-0.4, -0.2) is 0 Å². The molecule has 0 aromatic heterocycles. The second-order valence-electron chi connectivity index (χ2n) is 17.6. The molecular formula is C40H66. The molecular weight excluding hydrogens is 480 g/mol. The van der Waals surface area contributed by atoms with Crippen LogP contribution in [0.4, 0.5) is 0 Å². The third kappa shape index (κ3) is 4.81. The molecule has 8 saturated carbocycles. The quantitative estimate of drug-likeness (QED) is 0.330. The van der Waals surface area contributed by atoms with E-state index in [-0.39, 0.29) is 0 Å². The predicted molar refractivity (Wildman–Crippen MR) is 169 cm³/mol. The van der Waals surface area contributed by atoms with Crippen LogP contribution in [-0.2, 0) is 0 Å². The SMILES string of the molecule is C1CCC(C2C3CCCCC3C(C3C4CCCCC4C(C4CCCCC4)C4CCCCC43)C3CCCCC32)CC1. The number of hydrogen-bond acceptors (Lipinski definition) is 0. The second-order valence-corrected chi connectivity index (χ2v) is 17.6. The van der Waals surface area contributed by atoms with Crippen molar-refractivity contribution >= 4 is 0 Å². The Morgan fingerprint density at radius 1 is 0.175 bits per heavy atom. The van der Waals surface area contributed by atoms with Gasteiger partial charge in [0.1, 0.15) is 0 Å². The van der Waals surface area contributed by atoms with E-state index in [2.05, 4.69) is 0 Å². The van der Waals surface area contributed by atoms with Crippen LogP contribution in [0, 0.1) is 82.9 Å². The van der Waals surface area contributed by atoms with Gasteiger partial charge >= 0.3 is 0 Å². The van der Waals surface area contributed by atoms with Gasteiger partial charge < -0.3 is 0 Å². The molecule has 0 aliphatic heterocycles. The molecule has 0 N–H and O–H groups in total. The molecule has 8 aliphatic rings. The first kappa shape index (κ1) is 27.5. The highest BCUT2D eigenvalue weighted by atomic mass is 14.7. The molecule has 226 valence electrons. The van der Waals surface area contributed by atoms with Crippen molar-refractivity contribution in [2.24, 2.45) is 82.9 Å². The zero-order valence-electron chi connectivity index (χ0n) is 26.5. The molecule has 8 atom stereocenters. The zero-order chi connectivity index (χ0) is 26.5. The van der Waals surface area contributed by atoms with Gasteiger partial charge in [0.25, 0.3) is 0 Å². The van der Waals surface area contributed by atoms with Crippen molar-refractivity contribution in [1.82, 2.24) is 0 Å². The summed E-state index contributed by atoms with van der Waals surface area (Å²) in [4.78, 5) is 0. The molecule has 8 unspecified atom stereocenters. The van der Waals surface area contributed by atoms with Crippen molar-refractivity contribution in [2.75, 3.05) is 0 Å². The highest BCUT2D eigenvalue weighted by Gasteiger charge is 2.61. The van der Waals surface area contributed by atoms with E-state index >= 15 is 0 Å². The topological polar surface area (TPSA) is 0 Å². The minimum Gasteiger partial charge on any atom is -0.0533 e. The fourth-order valence-electron chi connectivity index (χ4n) is 15.4. The molecule has 0 heteroatoms. The van der Waals surface area contributed by atoms with Crippen LogP contribution in [0.15, 0.2) is 0 Å². The minimum absolute atomic E-state index is 1.12. The van der Waals surface area contributed by atoms with E-state index in [0.29, 0.717) is 0 Å². The molecule has 8 aliphatic carbocycles. The van der Waals surface area contributed by atoms with Gasteiger partial charge in [-0.1, -0.05) is 116 Å². The van der Waals surface area contributed by atoms with Crippen LogP contribution in [0.25, 0.3) is 0 Å². The molecule has 40 heavy (non-hydrogen) atoms. The van der Waals surface area contributed by atoms with Crippen LogP contribution in [0.1, 0.15) is 167 Å². The first-order valence-electron chi connectivity index (χ1n) is 19.9. The lowest BCUT2D eigenvalue weighted by molar-refractivity contribution is -0.173. The van der Waals surface area contributed by atoms with E-state index in [9.17, 15) is 0 Å². The summed E-state index contributed by atoms with van der Waals surface area (Å²) >= 11 is 0. The Kier molecular flexibility index (Phi) is 8.39. The van der Waals surface area contributed by atoms with Gasteiger partial charge in [0.15, 0.2) is 0 Å². The smallest absolute Gasteiger partial charge is 0.0318 e. The van der Waals surface area contributed by atoms with Gasteiger partial charge in [-0.05, 0) is 134 Å². The summed E-state index contributed by atoms with van der Waals surface area (Å²) in [7, 11) is 0. The molecule has 8 fully saturated rings. The summed E-state index contributed by atoms with van der Waals surface area (Å²) in [6.07, 6.45) is 41.7. The van der Waals surface area contributed by atoms with E-state index in [1.54, 1.807) is 167 Å². The molecule has 8 rings (SSSR count). The molecule has 0 aromatic carbocycles. The second kappa shape index (κ2) is 12.2. The maximum atomic E-state index is 1.65. The lowest BCUT2D eigenvalue weighted by atomic mass is 9.39. The molecule has 0 aromatic rings. The van der Waals surface area contributed by atoms with Crippen molar-refractivity contribution < 1.29 is 0 Å². The van der Waals surface area contributed by atoms with Gasteiger partial charge in [0, 0.05) is 0 Å². The monoisotopic (exact) mass is 547 g/mol. The lowest BCUT2D eigenvalue weighted by Crippen LogP contribution is -2.59. The zero-order valence-corrected chi connectivity index (χ0v) is 26.5. The van der Waals surface area contributed by atoms with Crippen LogP contribution < -0.4 is 0 Å². The highest BCUT2D eigenvalue weighted by molar-refractivity contribution is 5.09. The Balaban J connectivity index is 1.18. The molecule has 0 saturated heterocycles. The fourth-order valence-corrected chi connectivity index (χ4v) is 15.4. The molecule has 0 heterocycles. The molecule has 0 spiro atoms. The van der Waals surface area contributed by atoms with E-state index in [1.165, 1.54) is 0 Å². The Labute approximate surface area is 249 Å². The van der Waals surface area contributed by atoms with Crippen molar-refractivity contribution in [3.63, 3.8) is 0 Å². The Bertz CT molecular complexity index is 700. The van der Waals surface area contributed by atoms with Crippen LogP contribution in [0.2, 0.25) is 0 Å². The summed E-state index contributed by atoms with van der Waals surface area (Å²) in [6.45, 7) is 0. The van der Waals surface area contributed by atoms with Crippen molar-refractivity contribution in [2.45, 2.75) is 167 Å². The van der Waals surface area contributed by atoms with Crippen molar-refractivity contribution in [3.8, 4) is 0 Å². The highest BCUT2D eigenvalue weighted by Crippen LogP contribution is 2.68. The molecule has 0 nitrogen and oxygen atoms in total. The van der Waals surface area contributed by atoms with E-state index < -0.39 is 0 Å². The summed E-state index contributed by atoms with van der Waals surface area (Å²) in [6, 6.07) is 0. The fraction of sp³-hybridized carbons (Fsp3) is 1.00. The average Bonchev–Trinajstić information content (AvgIpc) is 3.03. The lowest BCUT2D eigenvalue weighted by Gasteiger charge is -2.66. The molecule has 0 amide bonds. The number of fused-ring (bicyclic) bond motifs is 4. The first-order valence-corrected chi connectivity index (χ1v) is 19.9. The Hall–Kier alpha value is 0. The number of hydrogen-bond donors (Lipinski definition) is 0. The van der Waals surface area contributed by atoms with Crippen LogP contribution in [0.3, 0.4) is 0 Å². The van der Waals surface area contributed by atoms with Gasteiger partial charge in [0.2, 0.25) is 0 Å². The Morgan fingerprint density at radius 3 is 0.625 bits per heavy atom. The third-order valence-corrected chi connectivity index (χ3v) is 16.3. The summed E-state index contributed by atoms with van der Waals surface area (Å²) < 4.78 is 0. The van der Waals surface area contributed by atoms with Crippen LogP contribution in [0.5, 0.6) is 0 Å². The van der Waals surface area contributed by atoms with E-state index in [1.807, 2.05) is 0 Å². The molecule has 0 bridgehead atoms. The van der Waals surface area contributed by atoms with Crippen molar-refractivity contribution in [1.29, 1.82) is 0 Å². The average molecular weight is 547 g/mol. The summed E-state index contributed by atoms with van der Waals surface area (Å²) in [5.41, 5.74) is 0. The number of rotatable bonds is 3. The summed E-state index contributed by atoms with van der Waals surface area (Å²) in [5.74, 6) is 16.0. The van der Waals surface area contributed by atoms with Gasteiger partial charge in [-0.25, -0.2) is 0 Å². The molecule has 0 radical (unpaired) electrons. The Morgan fingerprint density at radius 2 is 0.375 bits per heavy atom. The van der Waals surface area contributed by atoms with E-state index in [4.69, 9.17) is 0 Å². The maximum Gasteiger partial charge on any atom is -0.0318 e. The predicted octanol–water partition coefficient (Wildman–Crippen LogP) is 11.9. The van der Waals surface area contributed by atoms with Crippen LogP contribution >= 0.6 is 0 Å². The minimum atomic E-state index is 1.12. The van der Waals surface area contributed by atoms with E-state index in [0.717, 1.165) is 82.9 Å². The maximum absolute atomic E-state index is 1.65. The van der Waals surface area contributed by atoms with Gasteiger partial charge in [-0.15, -0.1) is 0 Å².